The van der Waals surface area contributed by atoms with Gasteiger partial charge in [-0.25, -0.2) is 0 Å². The fourth-order valence-electron chi connectivity index (χ4n) is 10.6. The molecule has 0 fully saturated rings. The maximum atomic E-state index is 7.03. The summed E-state index contributed by atoms with van der Waals surface area (Å²) in [5.41, 5.74) is 13.7. The normalized spacial score (nSPS) is 13.6. The molecule has 0 radical (unpaired) electrons. The van der Waals surface area contributed by atoms with Crippen molar-refractivity contribution in [2.45, 2.75) is 19.3 Å². The van der Waals surface area contributed by atoms with Crippen LogP contribution in [0.1, 0.15) is 25.0 Å². The molecule has 266 valence electrons. The second-order valence-electron chi connectivity index (χ2n) is 16.3. The monoisotopic (exact) mass is 726 g/mol. The van der Waals surface area contributed by atoms with Crippen molar-refractivity contribution in [3.05, 3.63) is 181 Å². The first kappa shape index (κ1) is 31.1. The molecule has 10 aromatic carbocycles. The van der Waals surface area contributed by atoms with Crippen LogP contribution in [0.5, 0.6) is 0 Å². The first-order valence-electron chi connectivity index (χ1n) is 19.8. The Bertz CT molecular complexity index is 3670. The Morgan fingerprint density at radius 2 is 0.842 bits per heavy atom. The van der Waals surface area contributed by atoms with Gasteiger partial charge < -0.3 is 8.83 Å². The predicted octanol–water partition coefficient (Wildman–Crippen LogP) is 15.7. The van der Waals surface area contributed by atoms with Crippen molar-refractivity contribution >= 4 is 87.0 Å². The maximum Gasteiger partial charge on any atom is 0.143 e. The summed E-state index contributed by atoms with van der Waals surface area (Å²) in [5.74, 6) is 0. The summed E-state index contributed by atoms with van der Waals surface area (Å²) in [6.07, 6.45) is 0. The zero-order valence-corrected chi connectivity index (χ0v) is 31.5. The van der Waals surface area contributed by atoms with Crippen LogP contribution in [0.15, 0.2) is 179 Å². The van der Waals surface area contributed by atoms with Gasteiger partial charge in [-0.2, -0.15) is 0 Å². The molecule has 0 saturated heterocycles. The molecule has 0 aliphatic heterocycles. The molecule has 2 aromatic heterocycles. The van der Waals surface area contributed by atoms with Crippen LogP contribution in [0.2, 0.25) is 0 Å². The molecule has 2 nitrogen and oxygen atoms in total. The highest BCUT2D eigenvalue weighted by Gasteiger charge is 2.37. The Labute approximate surface area is 328 Å². The standard InChI is InChI=1S/C55H34O2/c1-55(2)43-24-12-9-21-38(43)51-33-16-4-3-15-32(33)41(30-44(51)55)49-34-17-5-7-19-36(34)50(37-20-8-6-18-35(37)49)42-29-31-27-28-47-52(39-22-10-13-25-45(39)56-47)48(31)53-40-23-11-14-26-46(40)57-54(42)53/h3-30H,1-2H3. The molecule has 1 aliphatic carbocycles. The van der Waals surface area contributed by atoms with Crippen LogP contribution in [0, 0.1) is 0 Å². The number of benzene rings is 10. The van der Waals surface area contributed by atoms with E-state index in [2.05, 4.69) is 178 Å². The van der Waals surface area contributed by atoms with Gasteiger partial charge in [-0.15, -0.1) is 0 Å². The van der Waals surface area contributed by atoms with Gasteiger partial charge in [0.25, 0.3) is 0 Å². The second-order valence-corrected chi connectivity index (χ2v) is 16.3. The minimum absolute atomic E-state index is 0.139. The van der Waals surface area contributed by atoms with Crippen LogP contribution in [0.3, 0.4) is 0 Å². The zero-order chi connectivity index (χ0) is 37.6. The zero-order valence-electron chi connectivity index (χ0n) is 31.5. The third kappa shape index (κ3) is 3.99. The maximum absolute atomic E-state index is 7.03. The molecule has 0 unspecified atom stereocenters. The van der Waals surface area contributed by atoms with Gasteiger partial charge in [0.05, 0.1) is 0 Å². The van der Waals surface area contributed by atoms with Crippen molar-refractivity contribution in [2.24, 2.45) is 0 Å². The van der Waals surface area contributed by atoms with E-state index in [1.165, 1.54) is 76.6 Å². The van der Waals surface area contributed by atoms with Crippen molar-refractivity contribution in [3.63, 3.8) is 0 Å². The molecule has 13 rings (SSSR count). The van der Waals surface area contributed by atoms with Crippen LogP contribution < -0.4 is 0 Å². The largest absolute Gasteiger partial charge is 0.456 e. The first-order chi connectivity index (χ1) is 28.1. The van der Waals surface area contributed by atoms with Gasteiger partial charge in [0.1, 0.15) is 22.3 Å². The van der Waals surface area contributed by atoms with E-state index in [-0.39, 0.29) is 5.41 Å². The lowest BCUT2D eigenvalue weighted by Gasteiger charge is -2.24. The number of furan rings is 2. The molecule has 0 atom stereocenters. The topological polar surface area (TPSA) is 26.3 Å². The Kier molecular flexibility index (Phi) is 6.00. The Balaban J connectivity index is 1.19. The SMILES string of the molecule is CC1(C)c2ccccc2-c2c1cc(-c1c3ccccc3c(-c3cc4ccc5oc6ccccc6c5c4c4c3oc3ccccc34)c3ccccc13)c1ccccc21. The van der Waals surface area contributed by atoms with Gasteiger partial charge >= 0.3 is 0 Å². The van der Waals surface area contributed by atoms with Crippen LogP contribution in [-0.4, -0.2) is 0 Å². The van der Waals surface area contributed by atoms with E-state index < -0.39 is 0 Å². The molecule has 0 N–H and O–H groups in total. The minimum Gasteiger partial charge on any atom is -0.456 e. The van der Waals surface area contributed by atoms with Gasteiger partial charge in [-0.3, -0.25) is 0 Å². The molecular formula is C55H34O2. The van der Waals surface area contributed by atoms with E-state index >= 15 is 0 Å². The van der Waals surface area contributed by atoms with E-state index in [9.17, 15) is 0 Å². The van der Waals surface area contributed by atoms with Gasteiger partial charge in [-0.1, -0.05) is 153 Å². The average molecular weight is 727 g/mol. The summed E-state index contributed by atoms with van der Waals surface area (Å²) in [7, 11) is 0. The van der Waals surface area contributed by atoms with Crippen LogP contribution in [0.4, 0.5) is 0 Å². The van der Waals surface area contributed by atoms with E-state index in [0.717, 1.165) is 54.8 Å². The van der Waals surface area contributed by atoms with Crippen LogP contribution in [0.25, 0.3) is 120 Å². The second kappa shape index (κ2) is 11.0. The molecule has 0 spiro atoms. The third-order valence-corrected chi connectivity index (χ3v) is 13.0. The van der Waals surface area contributed by atoms with Gasteiger partial charge in [0.2, 0.25) is 0 Å². The average Bonchev–Trinajstić information content (AvgIpc) is 3.90. The fourth-order valence-corrected chi connectivity index (χ4v) is 10.6. The number of para-hydroxylation sites is 2. The molecule has 57 heavy (non-hydrogen) atoms. The molecule has 2 heteroatoms. The smallest absolute Gasteiger partial charge is 0.143 e. The van der Waals surface area contributed by atoms with Gasteiger partial charge in [0.15, 0.2) is 0 Å². The van der Waals surface area contributed by atoms with Crippen molar-refractivity contribution in [1.29, 1.82) is 0 Å². The summed E-state index contributed by atoms with van der Waals surface area (Å²) in [6.45, 7) is 4.77. The van der Waals surface area contributed by atoms with Gasteiger partial charge in [-0.05, 0) is 101 Å². The quantitative estimate of drug-likeness (QED) is 0.166. The summed E-state index contributed by atoms with van der Waals surface area (Å²) in [4.78, 5) is 0. The summed E-state index contributed by atoms with van der Waals surface area (Å²) in [6, 6.07) is 62.1. The van der Waals surface area contributed by atoms with E-state index in [4.69, 9.17) is 8.83 Å². The number of rotatable bonds is 2. The summed E-state index contributed by atoms with van der Waals surface area (Å²) in [5, 5.41) is 14.2. The van der Waals surface area contributed by atoms with E-state index in [0.29, 0.717) is 0 Å². The van der Waals surface area contributed by atoms with E-state index in [1.807, 2.05) is 6.07 Å². The number of hydrogen-bond donors (Lipinski definition) is 0. The molecule has 2 heterocycles. The predicted molar refractivity (Wildman–Crippen MR) is 239 cm³/mol. The number of fused-ring (bicyclic) bond motifs is 16. The minimum atomic E-state index is -0.139. The van der Waals surface area contributed by atoms with Crippen molar-refractivity contribution in [3.8, 4) is 33.4 Å². The molecule has 1 aliphatic rings. The molecule has 0 amide bonds. The highest BCUT2D eigenvalue weighted by atomic mass is 16.3. The highest BCUT2D eigenvalue weighted by molar-refractivity contribution is 6.35. The van der Waals surface area contributed by atoms with Crippen LogP contribution >= 0.6 is 0 Å². The first-order valence-corrected chi connectivity index (χ1v) is 19.8. The number of hydrogen-bond acceptors (Lipinski definition) is 2. The lowest BCUT2D eigenvalue weighted by Crippen LogP contribution is -2.15. The molecule has 12 aromatic rings. The Morgan fingerprint density at radius 3 is 1.51 bits per heavy atom. The lowest BCUT2D eigenvalue weighted by atomic mass is 9.79. The third-order valence-electron chi connectivity index (χ3n) is 13.0. The summed E-state index contributed by atoms with van der Waals surface area (Å²) >= 11 is 0. The lowest BCUT2D eigenvalue weighted by molar-refractivity contribution is 0.661. The Hall–Kier alpha value is -7.16. The highest BCUT2D eigenvalue weighted by Crippen LogP contribution is 2.55. The summed E-state index contributed by atoms with van der Waals surface area (Å²) < 4.78 is 13.5. The molecule has 0 saturated carbocycles. The van der Waals surface area contributed by atoms with Crippen molar-refractivity contribution < 1.29 is 8.83 Å². The Morgan fingerprint density at radius 1 is 0.333 bits per heavy atom. The van der Waals surface area contributed by atoms with E-state index in [1.54, 1.807) is 0 Å². The van der Waals surface area contributed by atoms with Crippen molar-refractivity contribution in [2.75, 3.05) is 0 Å². The fraction of sp³-hybridized carbons (Fsp3) is 0.0545. The molecule has 0 bridgehead atoms. The molecular weight excluding hydrogens is 693 g/mol. The van der Waals surface area contributed by atoms with Crippen molar-refractivity contribution in [1.82, 2.24) is 0 Å². The van der Waals surface area contributed by atoms with Gasteiger partial charge in [0, 0.05) is 43.5 Å². The van der Waals surface area contributed by atoms with Crippen LogP contribution in [-0.2, 0) is 5.41 Å².